The fourth-order valence-electron chi connectivity index (χ4n) is 6.07. The van der Waals surface area contributed by atoms with E-state index < -0.39 is 5.66 Å². The summed E-state index contributed by atoms with van der Waals surface area (Å²) in [6.45, 7) is 1.87. The summed E-state index contributed by atoms with van der Waals surface area (Å²) < 4.78 is 1.68. The predicted octanol–water partition coefficient (Wildman–Crippen LogP) is 3.07. The second-order valence-electron chi connectivity index (χ2n) is 10.1. The molecule has 0 bridgehead atoms. The molecule has 2 amide bonds. The zero-order valence-electron chi connectivity index (χ0n) is 20.1. The molecule has 1 atom stereocenters. The van der Waals surface area contributed by atoms with Gasteiger partial charge in [-0.2, -0.15) is 0 Å². The summed E-state index contributed by atoms with van der Waals surface area (Å²) in [5.74, 6) is 0.556. The number of amides is 2. The van der Waals surface area contributed by atoms with Crippen molar-refractivity contribution < 1.29 is 9.59 Å². The fraction of sp³-hybridized carbons (Fsp3) is 0.480. The number of pyridine rings is 1. The Hall–Kier alpha value is -3.27. The van der Waals surface area contributed by atoms with Gasteiger partial charge in [0.15, 0.2) is 0 Å². The number of fused-ring (bicyclic) bond motifs is 5. The van der Waals surface area contributed by atoms with Crippen molar-refractivity contribution in [1.82, 2.24) is 24.8 Å². The Kier molecular flexibility index (Phi) is 5.00. The van der Waals surface area contributed by atoms with Gasteiger partial charge in [-0.1, -0.05) is 0 Å². The van der Waals surface area contributed by atoms with Crippen LogP contribution in [0.1, 0.15) is 58.6 Å². The molecule has 1 aliphatic heterocycles. The molecule has 4 heterocycles. The van der Waals surface area contributed by atoms with Crippen LogP contribution >= 0.6 is 11.3 Å². The Balaban J connectivity index is 1.42. The van der Waals surface area contributed by atoms with Gasteiger partial charge in [0, 0.05) is 24.9 Å². The molecule has 182 valence electrons. The number of nitrogens with one attached hydrogen (secondary N) is 2. The van der Waals surface area contributed by atoms with Gasteiger partial charge in [0.2, 0.25) is 5.91 Å². The van der Waals surface area contributed by atoms with Crippen LogP contribution in [0.4, 0.5) is 11.5 Å². The van der Waals surface area contributed by atoms with Gasteiger partial charge in [0.25, 0.3) is 11.5 Å². The first-order chi connectivity index (χ1) is 16.8. The van der Waals surface area contributed by atoms with E-state index in [2.05, 4.69) is 20.6 Å². The van der Waals surface area contributed by atoms with Crippen molar-refractivity contribution in [1.29, 1.82) is 0 Å². The number of hydrogen-bond donors (Lipinski definition) is 2. The van der Waals surface area contributed by atoms with E-state index in [0.29, 0.717) is 23.6 Å². The molecule has 0 radical (unpaired) electrons. The summed E-state index contributed by atoms with van der Waals surface area (Å²) in [5.41, 5.74) is 1.96. The Morgan fingerprint density at radius 1 is 1.26 bits per heavy atom. The lowest BCUT2D eigenvalue weighted by Crippen LogP contribution is -2.45. The molecule has 2 aliphatic carbocycles. The zero-order valence-corrected chi connectivity index (χ0v) is 20.9. The average Bonchev–Trinajstić information content (AvgIpc) is 3.52. The van der Waals surface area contributed by atoms with Crippen molar-refractivity contribution in [2.75, 3.05) is 19.4 Å². The van der Waals surface area contributed by atoms with E-state index in [9.17, 15) is 14.4 Å². The van der Waals surface area contributed by atoms with Crippen molar-refractivity contribution in [3.63, 3.8) is 0 Å². The number of carbonyl (C=O) groups is 2. The number of aromatic nitrogens is 3. The third-order valence-electron chi connectivity index (χ3n) is 7.70. The molecule has 6 rings (SSSR count). The Morgan fingerprint density at radius 3 is 2.77 bits per heavy atom. The molecular weight excluding hydrogens is 464 g/mol. The van der Waals surface area contributed by atoms with Crippen LogP contribution in [0.2, 0.25) is 0 Å². The zero-order chi connectivity index (χ0) is 24.5. The normalized spacial score (nSPS) is 20.1. The van der Waals surface area contributed by atoms with Crippen molar-refractivity contribution in [2.45, 2.75) is 57.5 Å². The molecule has 3 aliphatic rings. The first kappa shape index (κ1) is 22.2. The summed E-state index contributed by atoms with van der Waals surface area (Å²) in [6, 6.07) is 1.75. The molecule has 0 aromatic carbocycles. The SMILES string of the molecule is Cc1cc(Nc2ncnc3sc4c(c23)CCC(C(=O)N(C)C)C4)c(=O)n2c1C(=O)NC21CCCC1. The van der Waals surface area contributed by atoms with Crippen LogP contribution in [-0.4, -0.2) is 45.3 Å². The van der Waals surface area contributed by atoms with E-state index in [-0.39, 0.29) is 23.3 Å². The fourth-order valence-corrected chi connectivity index (χ4v) is 7.33. The molecule has 1 saturated carbocycles. The van der Waals surface area contributed by atoms with Crippen LogP contribution < -0.4 is 16.2 Å². The first-order valence-electron chi connectivity index (χ1n) is 12.1. The molecule has 9 nitrogen and oxygen atoms in total. The molecular formula is C25H28N6O3S. The molecule has 0 saturated heterocycles. The van der Waals surface area contributed by atoms with Gasteiger partial charge in [0.05, 0.1) is 5.39 Å². The summed E-state index contributed by atoms with van der Waals surface area (Å²) in [7, 11) is 3.60. The van der Waals surface area contributed by atoms with Gasteiger partial charge < -0.3 is 15.5 Å². The summed E-state index contributed by atoms with van der Waals surface area (Å²) in [6.07, 6.45) is 7.24. The third kappa shape index (κ3) is 3.30. The van der Waals surface area contributed by atoms with Crippen LogP contribution in [0.5, 0.6) is 0 Å². The van der Waals surface area contributed by atoms with E-state index in [4.69, 9.17) is 0 Å². The lowest BCUT2D eigenvalue weighted by Gasteiger charge is -2.27. The van der Waals surface area contributed by atoms with Gasteiger partial charge >= 0.3 is 0 Å². The molecule has 3 aromatic heterocycles. The smallest absolute Gasteiger partial charge is 0.276 e. The highest BCUT2D eigenvalue weighted by molar-refractivity contribution is 7.19. The Morgan fingerprint density at radius 2 is 2.03 bits per heavy atom. The van der Waals surface area contributed by atoms with Crippen molar-refractivity contribution in [3.8, 4) is 0 Å². The number of anilines is 2. The van der Waals surface area contributed by atoms with Gasteiger partial charge in [-0.15, -0.1) is 11.3 Å². The van der Waals surface area contributed by atoms with Crippen molar-refractivity contribution in [2.24, 2.45) is 5.92 Å². The number of rotatable bonds is 3. The second-order valence-corrected chi connectivity index (χ2v) is 11.2. The minimum Gasteiger partial charge on any atom is -0.349 e. The number of aryl methyl sites for hydroxylation is 2. The van der Waals surface area contributed by atoms with Crippen molar-refractivity contribution in [3.05, 3.63) is 44.4 Å². The number of hydrogen-bond acceptors (Lipinski definition) is 7. The minimum absolute atomic E-state index is 0.0217. The molecule has 2 N–H and O–H groups in total. The predicted molar refractivity (Wildman–Crippen MR) is 134 cm³/mol. The highest BCUT2D eigenvalue weighted by Gasteiger charge is 2.46. The van der Waals surface area contributed by atoms with Crippen LogP contribution in [0.25, 0.3) is 10.2 Å². The summed E-state index contributed by atoms with van der Waals surface area (Å²) in [5, 5.41) is 7.33. The highest BCUT2D eigenvalue weighted by atomic mass is 32.1. The van der Waals surface area contributed by atoms with Crippen molar-refractivity contribution >= 4 is 44.9 Å². The van der Waals surface area contributed by atoms with Gasteiger partial charge in [-0.3, -0.25) is 19.0 Å². The van der Waals surface area contributed by atoms with E-state index in [1.54, 1.807) is 41.0 Å². The van der Waals surface area contributed by atoms with E-state index in [1.165, 1.54) is 6.33 Å². The lowest BCUT2D eigenvalue weighted by atomic mass is 9.87. The molecule has 10 heteroatoms. The average molecular weight is 493 g/mol. The Labute approximate surface area is 206 Å². The molecule has 1 fully saturated rings. The minimum atomic E-state index is -0.623. The molecule has 1 spiro atoms. The highest BCUT2D eigenvalue weighted by Crippen LogP contribution is 2.42. The lowest BCUT2D eigenvalue weighted by molar-refractivity contribution is -0.133. The van der Waals surface area contributed by atoms with Crippen LogP contribution in [0.15, 0.2) is 17.2 Å². The van der Waals surface area contributed by atoms with Gasteiger partial charge in [-0.05, 0) is 69.1 Å². The monoisotopic (exact) mass is 492 g/mol. The second kappa shape index (κ2) is 7.87. The maximum atomic E-state index is 13.7. The van der Waals surface area contributed by atoms with Crippen LogP contribution in [0.3, 0.4) is 0 Å². The largest absolute Gasteiger partial charge is 0.349 e. The van der Waals surface area contributed by atoms with E-state index in [0.717, 1.165) is 64.7 Å². The van der Waals surface area contributed by atoms with Crippen LogP contribution in [-0.2, 0) is 23.3 Å². The molecule has 3 aromatic rings. The molecule has 1 unspecified atom stereocenters. The Bertz CT molecular complexity index is 1450. The third-order valence-corrected chi connectivity index (χ3v) is 8.86. The quantitative estimate of drug-likeness (QED) is 0.582. The maximum Gasteiger partial charge on any atom is 0.276 e. The number of thiophene rings is 1. The standard InChI is InChI=1S/C25H28N6O3S/c1-13-10-16(24(34)31-19(13)21(32)29-25(31)8-4-5-9-25)28-20-18-15-7-6-14(23(33)30(2)3)11-17(15)35-22(18)27-12-26-20/h10,12,14H,4-9,11H2,1-3H3,(H,29,32)(H,26,27,28). The van der Waals surface area contributed by atoms with Gasteiger partial charge in [0.1, 0.15) is 34.0 Å². The van der Waals surface area contributed by atoms with Crippen LogP contribution in [0, 0.1) is 12.8 Å². The van der Waals surface area contributed by atoms with E-state index in [1.807, 2.05) is 6.92 Å². The first-order valence-corrected chi connectivity index (χ1v) is 12.9. The summed E-state index contributed by atoms with van der Waals surface area (Å²) >= 11 is 1.60. The summed E-state index contributed by atoms with van der Waals surface area (Å²) in [4.78, 5) is 51.7. The van der Waals surface area contributed by atoms with Gasteiger partial charge in [-0.25, -0.2) is 9.97 Å². The van der Waals surface area contributed by atoms with E-state index >= 15 is 0 Å². The number of carbonyl (C=O) groups excluding carboxylic acids is 2. The topological polar surface area (TPSA) is 109 Å². The maximum absolute atomic E-state index is 13.7. The number of nitrogens with zero attached hydrogens (tertiary/aromatic N) is 4. The molecule has 35 heavy (non-hydrogen) atoms.